The van der Waals surface area contributed by atoms with Crippen molar-refractivity contribution < 1.29 is 18.0 Å². The van der Waals surface area contributed by atoms with E-state index < -0.39 is 11.7 Å². The van der Waals surface area contributed by atoms with E-state index >= 15 is 0 Å². The van der Waals surface area contributed by atoms with Crippen molar-refractivity contribution in [3.05, 3.63) is 93.5 Å². The van der Waals surface area contributed by atoms with Crippen molar-refractivity contribution in [2.24, 2.45) is 0 Å². The van der Waals surface area contributed by atoms with Gasteiger partial charge in [-0.05, 0) is 43.2 Å². The Labute approximate surface area is 195 Å². The number of anilines is 1. The van der Waals surface area contributed by atoms with Gasteiger partial charge in [0.15, 0.2) is 0 Å². The Bertz CT molecular complexity index is 1220. The first kappa shape index (κ1) is 23.5. The number of nitrogens with zero attached hydrogens (tertiary/aromatic N) is 4. The molecule has 6 nitrogen and oxygen atoms in total. The molecular weight excluding hydrogens is 445 g/mol. The van der Waals surface area contributed by atoms with E-state index in [0.29, 0.717) is 45.0 Å². The first-order valence-electron chi connectivity index (χ1n) is 11.0. The van der Waals surface area contributed by atoms with Crippen molar-refractivity contribution in [3.63, 3.8) is 0 Å². The first-order valence-corrected chi connectivity index (χ1v) is 11.0. The fourth-order valence-electron chi connectivity index (χ4n) is 4.09. The van der Waals surface area contributed by atoms with E-state index in [-0.39, 0.29) is 17.0 Å². The largest absolute Gasteiger partial charge is 0.417 e. The number of aromatic nitrogens is 2. The van der Waals surface area contributed by atoms with Crippen molar-refractivity contribution in [2.75, 3.05) is 31.1 Å². The summed E-state index contributed by atoms with van der Waals surface area (Å²) in [5, 5.41) is 0. The number of benzene rings is 1. The molecule has 4 rings (SSSR count). The summed E-state index contributed by atoms with van der Waals surface area (Å²) >= 11 is 0. The molecular formula is C25H25F3N4O2. The summed E-state index contributed by atoms with van der Waals surface area (Å²) in [6.45, 7) is 4.10. The molecule has 0 saturated carbocycles. The minimum atomic E-state index is -4.44. The molecule has 3 aromatic rings. The minimum absolute atomic E-state index is 0.108. The Balaban J connectivity index is 1.46. The van der Waals surface area contributed by atoms with Crippen LogP contribution in [0.3, 0.4) is 0 Å². The number of rotatable bonds is 4. The third kappa shape index (κ3) is 5.30. The summed E-state index contributed by atoms with van der Waals surface area (Å²) < 4.78 is 39.9. The monoisotopic (exact) mass is 470 g/mol. The predicted octanol–water partition coefficient (Wildman–Crippen LogP) is 3.97. The Morgan fingerprint density at radius 3 is 2.56 bits per heavy atom. The quantitative estimate of drug-likeness (QED) is 0.579. The maximum atomic E-state index is 13.2. The normalized spacial score (nSPS) is 14.7. The van der Waals surface area contributed by atoms with Crippen LogP contribution in [-0.2, 0) is 12.7 Å². The van der Waals surface area contributed by atoms with E-state index in [1.54, 1.807) is 17.2 Å². The van der Waals surface area contributed by atoms with Crippen LogP contribution in [0.15, 0.2) is 65.7 Å². The van der Waals surface area contributed by atoms with Crippen LogP contribution in [0.25, 0.3) is 0 Å². The second kappa shape index (κ2) is 9.70. The number of carbonyl (C=O) groups excluding carboxylic acids is 1. The Kier molecular flexibility index (Phi) is 6.72. The summed E-state index contributed by atoms with van der Waals surface area (Å²) in [6, 6.07) is 13.4. The average Bonchev–Trinajstić information content (AvgIpc) is 3.06. The van der Waals surface area contributed by atoms with Gasteiger partial charge in [0, 0.05) is 38.6 Å². The SMILES string of the molecule is Cc1cccc(Cn2cccc(C(=O)N3CCCN(c4ccc(C(F)(F)F)cn4)CC3)c2=O)c1. The summed E-state index contributed by atoms with van der Waals surface area (Å²) in [4.78, 5) is 33.7. The Morgan fingerprint density at radius 2 is 1.85 bits per heavy atom. The third-order valence-corrected chi connectivity index (χ3v) is 5.87. The van der Waals surface area contributed by atoms with E-state index in [4.69, 9.17) is 0 Å². The van der Waals surface area contributed by atoms with Crippen LogP contribution in [0, 0.1) is 6.92 Å². The molecule has 1 aliphatic heterocycles. The number of amides is 1. The summed E-state index contributed by atoms with van der Waals surface area (Å²) in [7, 11) is 0. The van der Waals surface area contributed by atoms with Gasteiger partial charge in [-0.25, -0.2) is 4.98 Å². The lowest BCUT2D eigenvalue weighted by Crippen LogP contribution is -2.39. The molecule has 178 valence electrons. The van der Waals surface area contributed by atoms with Crippen LogP contribution in [-0.4, -0.2) is 46.5 Å². The third-order valence-electron chi connectivity index (χ3n) is 5.87. The second-order valence-corrected chi connectivity index (χ2v) is 8.38. The highest BCUT2D eigenvalue weighted by Crippen LogP contribution is 2.29. The lowest BCUT2D eigenvalue weighted by atomic mass is 10.1. The molecule has 9 heteroatoms. The van der Waals surface area contributed by atoms with Gasteiger partial charge in [0.2, 0.25) is 0 Å². The van der Waals surface area contributed by atoms with Crippen molar-refractivity contribution in [3.8, 4) is 0 Å². The van der Waals surface area contributed by atoms with Crippen molar-refractivity contribution in [2.45, 2.75) is 26.1 Å². The van der Waals surface area contributed by atoms with Gasteiger partial charge in [-0.1, -0.05) is 29.8 Å². The molecule has 0 bridgehead atoms. The molecule has 0 aliphatic carbocycles. The molecule has 1 amide bonds. The van der Waals surface area contributed by atoms with Gasteiger partial charge >= 0.3 is 6.18 Å². The average molecular weight is 470 g/mol. The van der Waals surface area contributed by atoms with Crippen LogP contribution in [0.4, 0.5) is 19.0 Å². The Morgan fingerprint density at radius 1 is 1.03 bits per heavy atom. The van der Waals surface area contributed by atoms with Crippen molar-refractivity contribution in [1.82, 2.24) is 14.5 Å². The van der Waals surface area contributed by atoms with Gasteiger partial charge in [0.1, 0.15) is 11.4 Å². The van der Waals surface area contributed by atoms with Gasteiger partial charge in [-0.3, -0.25) is 9.59 Å². The molecule has 1 fully saturated rings. The van der Waals surface area contributed by atoms with Crippen LogP contribution in [0.2, 0.25) is 0 Å². The highest BCUT2D eigenvalue weighted by Gasteiger charge is 2.31. The number of alkyl halides is 3. The zero-order chi connectivity index (χ0) is 24.3. The fourth-order valence-corrected chi connectivity index (χ4v) is 4.09. The van der Waals surface area contributed by atoms with Gasteiger partial charge < -0.3 is 14.4 Å². The molecule has 0 unspecified atom stereocenters. The van der Waals surface area contributed by atoms with Crippen molar-refractivity contribution >= 4 is 11.7 Å². The second-order valence-electron chi connectivity index (χ2n) is 8.38. The van der Waals surface area contributed by atoms with E-state index in [1.807, 2.05) is 36.1 Å². The number of hydrogen-bond donors (Lipinski definition) is 0. The summed E-state index contributed by atoms with van der Waals surface area (Å²) in [5.74, 6) is 0.0911. The molecule has 1 saturated heterocycles. The topological polar surface area (TPSA) is 58.4 Å². The maximum Gasteiger partial charge on any atom is 0.417 e. The van der Waals surface area contributed by atoms with Crippen LogP contribution in [0.1, 0.15) is 33.5 Å². The fraction of sp³-hybridized carbons (Fsp3) is 0.320. The van der Waals surface area contributed by atoms with E-state index in [1.165, 1.54) is 16.7 Å². The molecule has 1 aliphatic rings. The van der Waals surface area contributed by atoms with Crippen LogP contribution >= 0.6 is 0 Å². The molecule has 3 heterocycles. The predicted molar refractivity (Wildman–Crippen MR) is 123 cm³/mol. The number of halogens is 3. The number of aryl methyl sites for hydroxylation is 1. The van der Waals surface area contributed by atoms with Crippen molar-refractivity contribution in [1.29, 1.82) is 0 Å². The molecule has 0 N–H and O–H groups in total. The molecule has 34 heavy (non-hydrogen) atoms. The van der Waals surface area contributed by atoms with E-state index in [9.17, 15) is 22.8 Å². The molecule has 1 aromatic carbocycles. The highest BCUT2D eigenvalue weighted by molar-refractivity contribution is 5.93. The zero-order valence-corrected chi connectivity index (χ0v) is 18.8. The lowest BCUT2D eigenvalue weighted by molar-refractivity contribution is -0.137. The van der Waals surface area contributed by atoms with Crippen LogP contribution in [0.5, 0.6) is 0 Å². The zero-order valence-electron chi connectivity index (χ0n) is 18.8. The molecule has 0 radical (unpaired) electrons. The summed E-state index contributed by atoms with van der Waals surface area (Å²) in [6.07, 6.45) is -1.33. The van der Waals surface area contributed by atoms with Gasteiger partial charge in [0.05, 0.1) is 12.1 Å². The smallest absolute Gasteiger partial charge is 0.355 e. The summed E-state index contributed by atoms with van der Waals surface area (Å²) in [5.41, 5.74) is 1.03. The van der Waals surface area contributed by atoms with Gasteiger partial charge in [-0.15, -0.1) is 0 Å². The van der Waals surface area contributed by atoms with Crippen LogP contribution < -0.4 is 10.5 Å². The number of carbonyl (C=O) groups is 1. The first-order chi connectivity index (χ1) is 16.2. The van der Waals surface area contributed by atoms with Gasteiger partial charge in [-0.2, -0.15) is 13.2 Å². The molecule has 0 spiro atoms. The maximum absolute atomic E-state index is 13.2. The minimum Gasteiger partial charge on any atom is -0.355 e. The number of hydrogen-bond acceptors (Lipinski definition) is 4. The van der Waals surface area contributed by atoms with Gasteiger partial charge in [0.25, 0.3) is 11.5 Å². The molecule has 0 atom stereocenters. The standard InChI is InChI=1S/C25H25F3N4O2/c1-18-5-2-6-19(15-18)17-32-10-3-7-21(24(32)34)23(33)31-12-4-11-30(13-14-31)22-9-8-20(16-29-22)25(26,27)28/h2-3,5-10,15-16H,4,11-14,17H2,1H3. The Hall–Kier alpha value is -3.62. The van der Waals surface area contributed by atoms with E-state index in [0.717, 1.165) is 23.4 Å². The van der Waals surface area contributed by atoms with E-state index in [2.05, 4.69) is 4.98 Å². The highest BCUT2D eigenvalue weighted by atomic mass is 19.4. The number of pyridine rings is 2. The lowest BCUT2D eigenvalue weighted by Gasteiger charge is -2.23. The molecule has 2 aromatic heterocycles.